The Hall–Kier alpha value is -2.50. The Bertz CT molecular complexity index is 892. The van der Waals surface area contributed by atoms with E-state index in [0.717, 1.165) is 22.5 Å². The van der Waals surface area contributed by atoms with Crippen LogP contribution in [0.3, 0.4) is 0 Å². The van der Waals surface area contributed by atoms with Gasteiger partial charge in [0.15, 0.2) is 5.78 Å². The van der Waals surface area contributed by atoms with Crippen LogP contribution in [0.1, 0.15) is 18.2 Å². The van der Waals surface area contributed by atoms with Crippen molar-refractivity contribution in [3.8, 4) is 11.3 Å². The largest absolute Gasteiger partial charge is 0.321 e. The lowest BCUT2D eigenvalue weighted by molar-refractivity contribution is -0.119. The standard InChI is InChI=1S/C20H21ClN4O/c1-2-25-16(12-18(24-25)15-8-9-23-20(21)11-15)13-19(26)17(22)10-14-6-4-3-5-7-14/h3-9,11-12,17H,2,10,13,22H2,1H3/t17-/m0/s1. The van der Waals surface area contributed by atoms with Crippen LogP contribution in [0.2, 0.25) is 5.15 Å². The molecule has 0 aliphatic heterocycles. The van der Waals surface area contributed by atoms with Gasteiger partial charge in [0.25, 0.3) is 0 Å². The summed E-state index contributed by atoms with van der Waals surface area (Å²) in [5.74, 6) is 0.00256. The Kier molecular flexibility index (Phi) is 5.81. The summed E-state index contributed by atoms with van der Waals surface area (Å²) in [6.45, 7) is 2.67. The Balaban J connectivity index is 1.75. The predicted octanol–water partition coefficient (Wildman–Crippen LogP) is 3.30. The van der Waals surface area contributed by atoms with Crippen molar-refractivity contribution < 1.29 is 4.79 Å². The molecule has 2 N–H and O–H groups in total. The van der Waals surface area contributed by atoms with Crippen LogP contribution in [0.4, 0.5) is 0 Å². The molecule has 0 amide bonds. The molecule has 0 fully saturated rings. The normalized spacial score (nSPS) is 12.1. The smallest absolute Gasteiger partial charge is 0.155 e. The topological polar surface area (TPSA) is 73.8 Å². The Morgan fingerprint density at radius 2 is 2.00 bits per heavy atom. The van der Waals surface area contributed by atoms with E-state index in [1.807, 2.05) is 54.1 Å². The second kappa shape index (κ2) is 8.25. The maximum absolute atomic E-state index is 12.6. The van der Waals surface area contributed by atoms with Gasteiger partial charge in [0, 0.05) is 24.0 Å². The molecule has 3 aromatic rings. The summed E-state index contributed by atoms with van der Waals surface area (Å²) in [5, 5.41) is 4.99. The molecule has 0 radical (unpaired) electrons. The van der Waals surface area contributed by atoms with Crippen LogP contribution >= 0.6 is 11.6 Å². The number of hydrogen-bond donors (Lipinski definition) is 1. The third-order valence-electron chi connectivity index (χ3n) is 4.25. The second-order valence-electron chi connectivity index (χ2n) is 6.14. The highest BCUT2D eigenvalue weighted by Gasteiger charge is 2.18. The van der Waals surface area contributed by atoms with E-state index in [-0.39, 0.29) is 12.2 Å². The van der Waals surface area contributed by atoms with Crippen molar-refractivity contribution in [3.63, 3.8) is 0 Å². The molecule has 0 spiro atoms. The lowest BCUT2D eigenvalue weighted by Gasteiger charge is -2.11. The van der Waals surface area contributed by atoms with Crippen LogP contribution in [-0.4, -0.2) is 26.6 Å². The number of carbonyl (C=O) groups is 1. The van der Waals surface area contributed by atoms with E-state index in [1.54, 1.807) is 12.3 Å². The molecular weight excluding hydrogens is 348 g/mol. The van der Waals surface area contributed by atoms with Crippen molar-refractivity contribution in [1.29, 1.82) is 0 Å². The summed E-state index contributed by atoms with van der Waals surface area (Å²) < 4.78 is 1.83. The zero-order chi connectivity index (χ0) is 18.5. The Labute approximate surface area is 157 Å². The molecule has 0 saturated carbocycles. The van der Waals surface area contributed by atoms with Crippen LogP contribution in [0.5, 0.6) is 0 Å². The fraction of sp³-hybridized carbons (Fsp3) is 0.250. The summed E-state index contributed by atoms with van der Waals surface area (Å²) in [4.78, 5) is 16.6. The van der Waals surface area contributed by atoms with E-state index in [9.17, 15) is 4.79 Å². The molecule has 0 aliphatic rings. The van der Waals surface area contributed by atoms with Crippen LogP contribution < -0.4 is 5.73 Å². The van der Waals surface area contributed by atoms with Crippen molar-refractivity contribution >= 4 is 17.4 Å². The van der Waals surface area contributed by atoms with Gasteiger partial charge in [-0.3, -0.25) is 9.48 Å². The first-order chi connectivity index (χ1) is 12.6. The molecule has 3 rings (SSSR count). The van der Waals surface area contributed by atoms with E-state index in [1.165, 1.54) is 0 Å². The van der Waals surface area contributed by atoms with Gasteiger partial charge < -0.3 is 5.73 Å². The number of nitrogens with zero attached hydrogens (tertiary/aromatic N) is 3. The zero-order valence-electron chi connectivity index (χ0n) is 14.6. The van der Waals surface area contributed by atoms with E-state index >= 15 is 0 Å². The van der Waals surface area contributed by atoms with Crippen molar-refractivity contribution in [2.24, 2.45) is 5.73 Å². The maximum Gasteiger partial charge on any atom is 0.155 e. The minimum absolute atomic E-state index is 0.00256. The predicted molar refractivity (Wildman–Crippen MR) is 103 cm³/mol. The average Bonchev–Trinajstić information content (AvgIpc) is 3.05. The summed E-state index contributed by atoms with van der Waals surface area (Å²) in [5.41, 5.74) is 9.68. The maximum atomic E-state index is 12.6. The number of aryl methyl sites for hydroxylation is 1. The van der Waals surface area contributed by atoms with Gasteiger partial charge in [-0.2, -0.15) is 5.10 Å². The molecule has 0 saturated heterocycles. The van der Waals surface area contributed by atoms with Gasteiger partial charge in [-0.15, -0.1) is 0 Å². The average molecular weight is 369 g/mol. The summed E-state index contributed by atoms with van der Waals surface area (Å²) >= 11 is 5.96. The molecule has 2 heterocycles. The van der Waals surface area contributed by atoms with Crippen LogP contribution in [-0.2, 0) is 24.2 Å². The number of carbonyl (C=O) groups excluding carboxylic acids is 1. The number of pyridine rings is 1. The molecule has 0 bridgehead atoms. The third kappa shape index (κ3) is 4.36. The van der Waals surface area contributed by atoms with Gasteiger partial charge in [-0.25, -0.2) is 4.98 Å². The quantitative estimate of drug-likeness (QED) is 0.649. The Morgan fingerprint density at radius 3 is 2.69 bits per heavy atom. The highest BCUT2D eigenvalue weighted by molar-refractivity contribution is 6.29. The number of aromatic nitrogens is 3. The van der Waals surface area contributed by atoms with Crippen molar-refractivity contribution in [2.75, 3.05) is 0 Å². The molecular formula is C20H21ClN4O. The fourth-order valence-corrected chi connectivity index (χ4v) is 3.04. The van der Waals surface area contributed by atoms with Crippen molar-refractivity contribution in [1.82, 2.24) is 14.8 Å². The van der Waals surface area contributed by atoms with E-state index in [2.05, 4.69) is 10.1 Å². The van der Waals surface area contributed by atoms with Crippen LogP contribution in [0, 0.1) is 0 Å². The molecule has 134 valence electrons. The van der Waals surface area contributed by atoms with Crippen LogP contribution in [0.25, 0.3) is 11.3 Å². The van der Waals surface area contributed by atoms with E-state index in [4.69, 9.17) is 17.3 Å². The SMILES string of the molecule is CCn1nc(-c2ccnc(Cl)c2)cc1CC(=O)[C@@H](N)Cc1ccccc1. The number of halogens is 1. The molecule has 6 heteroatoms. The minimum Gasteiger partial charge on any atom is -0.321 e. The summed E-state index contributed by atoms with van der Waals surface area (Å²) in [7, 11) is 0. The first kappa shape index (κ1) is 18.3. The van der Waals surface area contributed by atoms with Crippen LogP contribution in [0.15, 0.2) is 54.7 Å². The molecule has 1 atom stereocenters. The zero-order valence-corrected chi connectivity index (χ0v) is 15.4. The van der Waals surface area contributed by atoms with Gasteiger partial charge in [0.2, 0.25) is 0 Å². The number of benzene rings is 1. The highest BCUT2D eigenvalue weighted by atomic mass is 35.5. The lowest BCUT2D eigenvalue weighted by atomic mass is 10.0. The molecule has 5 nitrogen and oxygen atoms in total. The van der Waals surface area contributed by atoms with Gasteiger partial charge in [-0.1, -0.05) is 41.9 Å². The van der Waals surface area contributed by atoms with Gasteiger partial charge in [0.05, 0.1) is 18.2 Å². The number of rotatable bonds is 7. The first-order valence-electron chi connectivity index (χ1n) is 8.57. The molecule has 0 aliphatic carbocycles. The van der Waals surface area contributed by atoms with Gasteiger partial charge in [0.1, 0.15) is 5.15 Å². The van der Waals surface area contributed by atoms with Gasteiger partial charge in [-0.05, 0) is 37.1 Å². The van der Waals surface area contributed by atoms with E-state index in [0.29, 0.717) is 18.1 Å². The second-order valence-corrected chi connectivity index (χ2v) is 6.53. The van der Waals surface area contributed by atoms with Crippen molar-refractivity contribution in [3.05, 3.63) is 71.1 Å². The van der Waals surface area contributed by atoms with Gasteiger partial charge >= 0.3 is 0 Å². The molecule has 0 unspecified atom stereocenters. The summed E-state index contributed by atoms with van der Waals surface area (Å²) in [6, 6.07) is 14.8. The monoisotopic (exact) mass is 368 g/mol. The number of hydrogen-bond acceptors (Lipinski definition) is 4. The van der Waals surface area contributed by atoms with Crippen molar-refractivity contribution in [2.45, 2.75) is 32.4 Å². The number of ketones is 1. The Morgan fingerprint density at radius 1 is 1.23 bits per heavy atom. The van der Waals surface area contributed by atoms with E-state index < -0.39 is 6.04 Å². The highest BCUT2D eigenvalue weighted by Crippen LogP contribution is 2.22. The number of Topliss-reactive ketones (excluding diaryl/α,β-unsaturated/α-hetero) is 1. The molecule has 2 aromatic heterocycles. The first-order valence-corrected chi connectivity index (χ1v) is 8.95. The number of nitrogens with two attached hydrogens (primary N) is 1. The minimum atomic E-state index is -0.531. The summed E-state index contributed by atoms with van der Waals surface area (Å²) in [6.07, 6.45) is 2.43. The third-order valence-corrected chi connectivity index (χ3v) is 4.46. The fourth-order valence-electron chi connectivity index (χ4n) is 2.87. The lowest BCUT2D eigenvalue weighted by Crippen LogP contribution is -2.34. The molecule has 26 heavy (non-hydrogen) atoms. The molecule has 1 aromatic carbocycles.